The molecule has 1 aliphatic rings. The van der Waals surface area contributed by atoms with E-state index >= 15 is 0 Å². The number of imidazole rings is 1. The molecule has 0 aliphatic carbocycles. The second kappa shape index (κ2) is 9.23. The molecule has 10 heteroatoms. The summed E-state index contributed by atoms with van der Waals surface area (Å²) in [7, 11) is 0. The normalized spacial score (nSPS) is 19.1. The van der Waals surface area contributed by atoms with E-state index in [0.717, 1.165) is 42.0 Å². The zero-order valence-corrected chi connectivity index (χ0v) is 19.1. The lowest BCUT2D eigenvalue weighted by Gasteiger charge is -2.37. The number of nitrogens with one attached hydrogen (secondary N) is 3. The summed E-state index contributed by atoms with van der Waals surface area (Å²) in [5.41, 5.74) is 3.81. The predicted molar refractivity (Wildman–Crippen MR) is 126 cm³/mol. The van der Waals surface area contributed by atoms with E-state index in [1.54, 1.807) is 6.92 Å². The molecule has 3 aromatic heterocycles. The highest BCUT2D eigenvalue weighted by molar-refractivity contribution is 5.85. The van der Waals surface area contributed by atoms with Gasteiger partial charge >= 0.3 is 0 Å². The average Bonchev–Trinajstić information content (AvgIpc) is 3.36. The van der Waals surface area contributed by atoms with Gasteiger partial charge in [-0.15, -0.1) is 12.4 Å². The van der Waals surface area contributed by atoms with Crippen molar-refractivity contribution < 1.29 is 4.52 Å². The van der Waals surface area contributed by atoms with Crippen LogP contribution in [-0.2, 0) is 6.54 Å². The molecule has 0 spiro atoms. The van der Waals surface area contributed by atoms with Crippen LogP contribution in [-0.4, -0.2) is 55.2 Å². The quantitative estimate of drug-likeness (QED) is 0.419. The smallest absolute Gasteiger partial charge is 0.257 e. The Kier molecular flexibility index (Phi) is 6.40. The number of benzene rings is 1. The maximum absolute atomic E-state index is 5.26. The molecule has 0 radical (unpaired) electrons. The first kappa shape index (κ1) is 22.2. The first-order valence-corrected chi connectivity index (χ1v) is 10.5. The van der Waals surface area contributed by atoms with Crippen LogP contribution in [0.25, 0.3) is 22.5 Å². The van der Waals surface area contributed by atoms with Gasteiger partial charge in [0.15, 0.2) is 5.82 Å². The first-order valence-electron chi connectivity index (χ1n) is 10.5. The average molecular weight is 455 g/mol. The number of aryl methyl sites for hydroxylation is 1. The zero-order valence-electron chi connectivity index (χ0n) is 18.3. The van der Waals surface area contributed by atoms with E-state index in [4.69, 9.17) is 4.52 Å². The van der Waals surface area contributed by atoms with Gasteiger partial charge in [0.2, 0.25) is 5.95 Å². The van der Waals surface area contributed by atoms with Crippen molar-refractivity contribution in [2.75, 3.05) is 18.4 Å². The Morgan fingerprint density at radius 1 is 1.19 bits per heavy atom. The Morgan fingerprint density at radius 2 is 2.06 bits per heavy atom. The number of nitrogens with zero attached hydrogens (tertiary/aromatic N) is 5. The van der Waals surface area contributed by atoms with Gasteiger partial charge < -0.3 is 20.1 Å². The summed E-state index contributed by atoms with van der Waals surface area (Å²) in [5.74, 6) is 2.51. The van der Waals surface area contributed by atoms with Gasteiger partial charge in [-0.3, -0.25) is 4.90 Å². The molecule has 2 atom stereocenters. The fourth-order valence-corrected chi connectivity index (χ4v) is 3.93. The van der Waals surface area contributed by atoms with Gasteiger partial charge in [0, 0.05) is 43.5 Å². The molecule has 1 aliphatic heterocycles. The third-order valence-electron chi connectivity index (χ3n) is 5.61. The van der Waals surface area contributed by atoms with Crippen LogP contribution in [0, 0.1) is 6.92 Å². The Labute approximate surface area is 192 Å². The van der Waals surface area contributed by atoms with E-state index in [9.17, 15) is 0 Å². The minimum absolute atomic E-state index is 0. The Hall–Kier alpha value is -3.01. The monoisotopic (exact) mass is 454 g/mol. The summed E-state index contributed by atoms with van der Waals surface area (Å²) in [6, 6.07) is 11.0. The van der Waals surface area contributed by atoms with Gasteiger partial charge in [-0.1, -0.05) is 5.16 Å². The molecule has 0 unspecified atom stereocenters. The number of piperazine rings is 1. The lowest BCUT2D eigenvalue weighted by atomic mass is 10.1. The number of aromatic nitrogens is 5. The molecule has 0 amide bonds. The van der Waals surface area contributed by atoms with Gasteiger partial charge in [-0.2, -0.15) is 4.98 Å². The topological polar surface area (TPSA) is 108 Å². The number of fused-ring (bicyclic) bond motifs is 1. The molecular weight excluding hydrogens is 428 g/mol. The number of hydrogen-bond acceptors (Lipinski definition) is 8. The van der Waals surface area contributed by atoms with Crippen molar-refractivity contribution in [1.29, 1.82) is 0 Å². The van der Waals surface area contributed by atoms with Crippen LogP contribution in [0.15, 0.2) is 41.1 Å². The highest BCUT2D eigenvalue weighted by Gasteiger charge is 2.22. The summed E-state index contributed by atoms with van der Waals surface area (Å²) in [6.07, 6.45) is 1.84. The van der Waals surface area contributed by atoms with E-state index in [0.29, 0.717) is 29.7 Å². The Morgan fingerprint density at radius 3 is 2.88 bits per heavy atom. The number of hydrogen-bond donors (Lipinski definition) is 3. The molecule has 0 saturated carbocycles. The molecule has 1 saturated heterocycles. The maximum atomic E-state index is 5.26. The largest absolute Gasteiger partial charge is 0.334 e. The van der Waals surface area contributed by atoms with Gasteiger partial charge in [-0.05, 0) is 56.7 Å². The number of anilines is 2. The molecule has 32 heavy (non-hydrogen) atoms. The van der Waals surface area contributed by atoms with Crippen LogP contribution in [0.4, 0.5) is 11.8 Å². The minimum Gasteiger partial charge on any atom is -0.334 e. The predicted octanol–water partition coefficient (Wildman–Crippen LogP) is 3.66. The Bertz CT molecular complexity index is 1210. The summed E-state index contributed by atoms with van der Waals surface area (Å²) in [4.78, 5) is 19.2. The molecule has 4 heterocycles. The van der Waals surface area contributed by atoms with Crippen LogP contribution >= 0.6 is 12.4 Å². The van der Waals surface area contributed by atoms with Gasteiger partial charge in [0.05, 0.1) is 11.0 Å². The van der Waals surface area contributed by atoms with E-state index in [-0.39, 0.29) is 12.4 Å². The van der Waals surface area contributed by atoms with Crippen LogP contribution in [0.3, 0.4) is 0 Å². The van der Waals surface area contributed by atoms with Crippen molar-refractivity contribution in [2.45, 2.75) is 39.4 Å². The summed E-state index contributed by atoms with van der Waals surface area (Å²) >= 11 is 0. The molecule has 1 fully saturated rings. The number of rotatable bonds is 5. The fourth-order valence-electron chi connectivity index (χ4n) is 3.93. The molecule has 3 N–H and O–H groups in total. The number of H-pyrrole nitrogens is 1. The molecule has 0 bridgehead atoms. The van der Waals surface area contributed by atoms with Crippen LogP contribution in [0.1, 0.15) is 25.2 Å². The molecular formula is C22H27ClN8O. The van der Waals surface area contributed by atoms with Gasteiger partial charge in [-0.25, -0.2) is 9.97 Å². The van der Waals surface area contributed by atoms with Crippen molar-refractivity contribution in [2.24, 2.45) is 0 Å². The van der Waals surface area contributed by atoms with E-state index in [1.807, 2.05) is 24.4 Å². The first-order chi connectivity index (χ1) is 15.0. The second-order valence-corrected chi connectivity index (χ2v) is 8.23. The van der Waals surface area contributed by atoms with Crippen molar-refractivity contribution in [3.05, 3.63) is 47.9 Å². The summed E-state index contributed by atoms with van der Waals surface area (Å²) in [5, 5.41) is 10.7. The van der Waals surface area contributed by atoms with Crippen LogP contribution in [0.5, 0.6) is 0 Å². The van der Waals surface area contributed by atoms with Crippen molar-refractivity contribution in [1.82, 2.24) is 35.3 Å². The summed E-state index contributed by atoms with van der Waals surface area (Å²) in [6.45, 7) is 9.24. The second-order valence-electron chi connectivity index (χ2n) is 8.23. The summed E-state index contributed by atoms with van der Waals surface area (Å²) < 4.78 is 5.26. The molecule has 168 valence electrons. The van der Waals surface area contributed by atoms with Crippen molar-refractivity contribution in [3.8, 4) is 11.5 Å². The number of aromatic amines is 1. The third-order valence-corrected chi connectivity index (χ3v) is 5.61. The highest BCUT2D eigenvalue weighted by atomic mass is 35.5. The van der Waals surface area contributed by atoms with Crippen LogP contribution in [0.2, 0.25) is 0 Å². The minimum atomic E-state index is 0. The maximum Gasteiger partial charge on any atom is 0.257 e. The lowest BCUT2D eigenvalue weighted by Crippen LogP contribution is -2.53. The molecule has 4 aromatic rings. The fraction of sp³-hybridized carbons (Fsp3) is 0.364. The molecule has 5 rings (SSSR count). The standard InChI is InChI=1S/C22H26N8O.ClH/c1-13-11-30(14(2)10-24-13)12-16-6-7-23-20(8-16)28-22-26-18-5-4-17(9-19(18)27-22)21-25-15(3)29-31-21;/h4-9,13-14,24H,10-12H2,1-3H3,(H2,23,26,27,28);1H/t13-,14+;/m1./s1. The van der Waals surface area contributed by atoms with Crippen molar-refractivity contribution >= 4 is 35.2 Å². The van der Waals surface area contributed by atoms with E-state index < -0.39 is 0 Å². The Balaban J connectivity index is 0.00000245. The number of pyridine rings is 1. The van der Waals surface area contributed by atoms with Gasteiger partial charge in [0.1, 0.15) is 5.82 Å². The van der Waals surface area contributed by atoms with Gasteiger partial charge in [0.25, 0.3) is 5.89 Å². The van der Waals surface area contributed by atoms with Crippen LogP contribution < -0.4 is 10.6 Å². The lowest BCUT2D eigenvalue weighted by molar-refractivity contribution is 0.139. The SMILES string of the molecule is Cc1noc(-c2ccc3nc(Nc4cc(CN5C[C@@H](C)NC[C@@H]5C)ccn4)[nH]c3c2)n1.Cl. The number of halogens is 1. The van der Waals surface area contributed by atoms with Crippen molar-refractivity contribution in [3.63, 3.8) is 0 Å². The molecule has 1 aromatic carbocycles. The zero-order chi connectivity index (χ0) is 21.4. The van der Waals surface area contributed by atoms with E-state index in [1.165, 1.54) is 5.56 Å². The van der Waals surface area contributed by atoms with E-state index in [2.05, 4.69) is 66.6 Å². The molecule has 9 nitrogen and oxygen atoms in total. The highest BCUT2D eigenvalue weighted by Crippen LogP contribution is 2.24. The third kappa shape index (κ3) is 4.74.